The molecule has 22 heavy (non-hydrogen) atoms. The number of rotatable bonds is 5. The van der Waals surface area contributed by atoms with Crippen LogP contribution in [0, 0.1) is 6.92 Å². The Morgan fingerprint density at radius 1 is 1.45 bits per heavy atom. The highest BCUT2D eigenvalue weighted by Gasteiger charge is 2.26. The molecule has 2 aromatic rings. The van der Waals surface area contributed by atoms with E-state index in [0.717, 1.165) is 4.88 Å². The van der Waals surface area contributed by atoms with Gasteiger partial charge in [0.2, 0.25) is 0 Å². The summed E-state index contributed by atoms with van der Waals surface area (Å²) in [4.78, 5) is 30.8. The van der Waals surface area contributed by atoms with Gasteiger partial charge in [0.1, 0.15) is 12.2 Å². The number of amides is 1. The first-order chi connectivity index (χ1) is 10.4. The van der Waals surface area contributed by atoms with E-state index in [0.29, 0.717) is 16.5 Å². The Morgan fingerprint density at radius 2 is 2.18 bits per heavy atom. The van der Waals surface area contributed by atoms with E-state index < -0.39 is 5.97 Å². The van der Waals surface area contributed by atoms with Crippen molar-refractivity contribution < 1.29 is 18.7 Å². The predicted molar refractivity (Wildman–Crippen MR) is 82.7 cm³/mol. The van der Waals surface area contributed by atoms with Gasteiger partial charge in [-0.15, -0.1) is 11.3 Å². The molecule has 0 fully saturated rings. The van der Waals surface area contributed by atoms with E-state index in [2.05, 4.69) is 9.72 Å². The first-order valence-electron chi connectivity index (χ1n) is 6.83. The van der Waals surface area contributed by atoms with Crippen molar-refractivity contribution >= 4 is 23.2 Å². The number of ether oxygens (including phenoxy) is 1. The van der Waals surface area contributed by atoms with Gasteiger partial charge in [-0.2, -0.15) is 0 Å². The number of thiazole rings is 1. The fourth-order valence-electron chi connectivity index (χ4n) is 1.93. The fourth-order valence-corrected chi connectivity index (χ4v) is 2.80. The van der Waals surface area contributed by atoms with E-state index in [1.807, 2.05) is 20.8 Å². The lowest BCUT2D eigenvalue weighted by Crippen LogP contribution is -2.41. The lowest BCUT2D eigenvalue weighted by molar-refractivity contribution is -0.141. The van der Waals surface area contributed by atoms with Crippen molar-refractivity contribution in [1.82, 2.24) is 9.88 Å². The van der Waals surface area contributed by atoms with Crippen molar-refractivity contribution in [3.05, 3.63) is 29.0 Å². The number of carbonyl (C=O) groups is 2. The molecule has 0 aliphatic carbocycles. The van der Waals surface area contributed by atoms with Gasteiger partial charge in [-0.1, -0.05) is 0 Å². The molecule has 0 N–H and O–H groups in total. The SMILES string of the molecule is COC(=O)CN(C(=O)c1nc(-c2ccco2)sc1C)C(C)C. The topological polar surface area (TPSA) is 72.6 Å². The van der Waals surface area contributed by atoms with Gasteiger partial charge in [0.15, 0.2) is 10.8 Å². The Hall–Kier alpha value is -2.15. The maximum absolute atomic E-state index is 12.7. The maximum atomic E-state index is 12.7. The summed E-state index contributed by atoms with van der Waals surface area (Å²) in [5, 5.41) is 0.646. The normalized spacial score (nSPS) is 10.8. The van der Waals surface area contributed by atoms with Crippen LogP contribution in [0.2, 0.25) is 0 Å². The second-order valence-electron chi connectivity index (χ2n) is 5.00. The van der Waals surface area contributed by atoms with Gasteiger partial charge < -0.3 is 14.1 Å². The van der Waals surface area contributed by atoms with Crippen LogP contribution >= 0.6 is 11.3 Å². The van der Waals surface area contributed by atoms with Crippen LogP contribution in [0.15, 0.2) is 22.8 Å². The first-order valence-corrected chi connectivity index (χ1v) is 7.64. The first kappa shape index (κ1) is 16.2. The summed E-state index contributed by atoms with van der Waals surface area (Å²) < 4.78 is 9.95. The van der Waals surface area contributed by atoms with E-state index in [9.17, 15) is 9.59 Å². The minimum atomic E-state index is -0.457. The van der Waals surface area contributed by atoms with Crippen LogP contribution in [0.4, 0.5) is 0 Å². The number of carbonyl (C=O) groups excluding carboxylic acids is 2. The van der Waals surface area contributed by atoms with Crippen LogP contribution < -0.4 is 0 Å². The summed E-state index contributed by atoms with van der Waals surface area (Å²) in [6.45, 7) is 5.42. The molecule has 0 aliphatic heterocycles. The van der Waals surface area contributed by atoms with Gasteiger partial charge in [-0.3, -0.25) is 9.59 Å². The van der Waals surface area contributed by atoms with Gasteiger partial charge in [0, 0.05) is 10.9 Å². The molecule has 0 spiro atoms. The van der Waals surface area contributed by atoms with Crippen LogP contribution in [0.1, 0.15) is 29.2 Å². The van der Waals surface area contributed by atoms with Crippen molar-refractivity contribution in [2.24, 2.45) is 0 Å². The summed E-state index contributed by atoms with van der Waals surface area (Å²) in [6.07, 6.45) is 1.56. The Bertz CT molecular complexity index is 661. The molecule has 0 bridgehead atoms. The van der Waals surface area contributed by atoms with Crippen molar-refractivity contribution in [2.45, 2.75) is 26.8 Å². The molecule has 0 aromatic carbocycles. The van der Waals surface area contributed by atoms with Crippen molar-refractivity contribution in [3.63, 3.8) is 0 Å². The van der Waals surface area contributed by atoms with Crippen LogP contribution in [0.5, 0.6) is 0 Å². The van der Waals surface area contributed by atoms with Crippen molar-refractivity contribution in [2.75, 3.05) is 13.7 Å². The number of aromatic nitrogens is 1. The van der Waals surface area contributed by atoms with E-state index in [1.165, 1.54) is 23.3 Å². The molecule has 2 aromatic heterocycles. The molecular weight excluding hydrogens is 304 g/mol. The quantitative estimate of drug-likeness (QED) is 0.791. The number of hydrogen-bond acceptors (Lipinski definition) is 6. The maximum Gasteiger partial charge on any atom is 0.325 e. The fraction of sp³-hybridized carbons (Fsp3) is 0.400. The minimum absolute atomic E-state index is 0.0972. The number of aryl methyl sites for hydroxylation is 1. The van der Waals surface area contributed by atoms with Crippen LogP contribution in [0.25, 0.3) is 10.8 Å². The molecule has 118 valence electrons. The van der Waals surface area contributed by atoms with Crippen LogP contribution in [-0.2, 0) is 9.53 Å². The molecule has 0 unspecified atom stereocenters. The molecule has 7 heteroatoms. The summed E-state index contributed by atoms with van der Waals surface area (Å²) in [5.41, 5.74) is 0.342. The second-order valence-corrected chi connectivity index (χ2v) is 6.21. The molecular formula is C15H18N2O4S. The molecule has 0 aliphatic rings. The third-order valence-corrected chi connectivity index (χ3v) is 4.13. The number of furan rings is 1. The average Bonchev–Trinajstić information content (AvgIpc) is 3.12. The van der Waals surface area contributed by atoms with Crippen molar-refractivity contribution in [3.8, 4) is 10.8 Å². The largest absolute Gasteiger partial charge is 0.468 e. The summed E-state index contributed by atoms with van der Waals surface area (Å²) in [6, 6.07) is 3.42. The Kier molecular flexibility index (Phi) is 4.97. The lowest BCUT2D eigenvalue weighted by atomic mass is 10.2. The average molecular weight is 322 g/mol. The summed E-state index contributed by atoms with van der Waals surface area (Å²) in [5.74, 6) is -0.121. The van der Waals surface area contributed by atoms with E-state index >= 15 is 0 Å². The van der Waals surface area contributed by atoms with Gasteiger partial charge >= 0.3 is 5.97 Å². The van der Waals surface area contributed by atoms with E-state index in [1.54, 1.807) is 18.4 Å². The second kappa shape index (κ2) is 6.74. The van der Waals surface area contributed by atoms with Crippen molar-refractivity contribution in [1.29, 1.82) is 0 Å². The molecule has 2 heterocycles. The number of hydrogen-bond donors (Lipinski definition) is 0. The molecule has 2 rings (SSSR count). The highest BCUT2D eigenvalue weighted by atomic mass is 32.1. The molecule has 1 amide bonds. The Morgan fingerprint density at radius 3 is 2.73 bits per heavy atom. The highest BCUT2D eigenvalue weighted by Crippen LogP contribution is 2.28. The molecule has 6 nitrogen and oxygen atoms in total. The Labute approximate surface area is 132 Å². The molecule has 0 saturated heterocycles. The minimum Gasteiger partial charge on any atom is -0.468 e. The van der Waals surface area contributed by atoms with Gasteiger partial charge in [0.05, 0.1) is 13.4 Å². The summed E-state index contributed by atoms with van der Waals surface area (Å²) >= 11 is 1.39. The van der Waals surface area contributed by atoms with Gasteiger partial charge in [0.25, 0.3) is 5.91 Å². The number of nitrogens with zero attached hydrogens (tertiary/aromatic N) is 2. The number of esters is 1. The summed E-state index contributed by atoms with van der Waals surface area (Å²) in [7, 11) is 1.30. The third-order valence-electron chi connectivity index (χ3n) is 3.14. The highest BCUT2D eigenvalue weighted by molar-refractivity contribution is 7.15. The lowest BCUT2D eigenvalue weighted by Gasteiger charge is -2.24. The number of methoxy groups -OCH3 is 1. The Balaban J connectivity index is 2.29. The molecule has 0 radical (unpaired) electrons. The van der Waals surface area contributed by atoms with Gasteiger partial charge in [-0.05, 0) is 32.9 Å². The zero-order chi connectivity index (χ0) is 16.3. The smallest absolute Gasteiger partial charge is 0.325 e. The zero-order valence-corrected chi connectivity index (χ0v) is 13.8. The van der Waals surface area contributed by atoms with Gasteiger partial charge in [-0.25, -0.2) is 4.98 Å². The van der Waals surface area contributed by atoms with Crippen LogP contribution in [0.3, 0.4) is 0 Å². The zero-order valence-electron chi connectivity index (χ0n) is 13.0. The van der Waals surface area contributed by atoms with Crippen LogP contribution in [-0.4, -0.2) is 41.5 Å². The monoisotopic (exact) mass is 322 g/mol. The standard InChI is InChI=1S/C15H18N2O4S/c1-9(2)17(8-12(18)20-4)15(19)13-10(3)22-14(16-13)11-6-5-7-21-11/h5-7,9H,8H2,1-4H3. The third kappa shape index (κ3) is 3.36. The molecule has 0 atom stereocenters. The van der Waals surface area contributed by atoms with E-state index in [4.69, 9.17) is 4.42 Å². The molecule has 0 saturated carbocycles. The van der Waals surface area contributed by atoms with E-state index in [-0.39, 0.29) is 18.5 Å². The predicted octanol–water partition coefficient (Wildman–Crippen LogP) is 2.74.